The lowest BCUT2D eigenvalue weighted by molar-refractivity contribution is -0.140. The molecule has 1 heterocycles. The summed E-state index contributed by atoms with van der Waals surface area (Å²) in [4.78, 5) is 26.0. The Kier molecular flexibility index (Phi) is 2.90. The maximum atomic E-state index is 12.6. The first-order valence-corrected chi connectivity index (χ1v) is 6.73. The van der Waals surface area contributed by atoms with Gasteiger partial charge in [0.15, 0.2) is 0 Å². The van der Waals surface area contributed by atoms with Gasteiger partial charge in [0.2, 0.25) is 11.8 Å². The molecule has 2 aliphatic rings. The maximum absolute atomic E-state index is 12.6. The van der Waals surface area contributed by atoms with Crippen LogP contribution in [0.15, 0.2) is 24.3 Å². The van der Waals surface area contributed by atoms with Crippen LogP contribution in [-0.4, -0.2) is 35.0 Å². The molecule has 1 aromatic rings. The van der Waals surface area contributed by atoms with Gasteiger partial charge in [0.1, 0.15) is 0 Å². The first-order chi connectivity index (χ1) is 9.19. The molecule has 1 saturated heterocycles. The Bertz CT molecular complexity index is 540. The summed E-state index contributed by atoms with van der Waals surface area (Å²) in [5.41, 5.74) is 1.59. The van der Waals surface area contributed by atoms with Crippen LogP contribution in [0, 0.1) is 0 Å². The molecular weight excluding hydrogens is 242 g/mol. The van der Waals surface area contributed by atoms with E-state index in [1.807, 2.05) is 24.3 Å². The molecule has 2 amide bonds. The molecule has 0 radical (unpaired) electrons. The average Bonchev–Trinajstić information content (AvgIpc) is 2.90. The lowest BCUT2D eigenvalue weighted by atomic mass is 9.80. The van der Waals surface area contributed by atoms with Gasteiger partial charge >= 0.3 is 0 Å². The normalized spacial score (nSPS) is 25.4. The number of likely N-dealkylation sites (tertiary alicyclic amines) is 1. The number of hydrogen-bond donors (Lipinski definition) is 1. The number of benzene rings is 1. The third-order valence-corrected chi connectivity index (χ3v) is 4.30. The smallest absolute Gasteiger partial charge is 0.240 e. The molecule has 0 saturated carbocycles. The van der Waals surface area contributed by atoms with Crippen molar-refractivity contribution < 1.29 is 14.7 Å². The van der Waals surface area contributed by atoms with E-state index in [1.54, 1.807) is 0 Å². The van der Waals surface area contributed by atoms with Crippen LogP contribution >= 0.6 is 0 Å². The van der Waals surface area contributed by atoms with Crippen molar-refractivity contribution in [3.63, 3.8) is 0 Å². The number of carbonyl (C=O) groups excluding carboxylic acids is 2. The summed E-state index contributed by atoms with van der Waals surface area (Å²) >= 11 is 0. The van der Waals surface area contributed by atoms with Crippen molar-refractivity contribution in [1.82, 2.24) is 4.90 Å². The second-order valence-electron chi connectivity index (χ2n) is 5.34. The van der Waals surface area contributed by atoms with Gasteiger partial charge in [-0.15, -0.1) is 0 Å². The summed E-state index contributed by atoms with van der Waals surface area (Å²) < 4.78 is 0. The van der Waals surface area contributed by atoms with E-state index < -0.39 is 5.41 Å². The molecule has 1 unspecified atom stereocenters. The quantitative estimate of drug-likeness (QED) is 0.824. The third kappa shape index (κ3) is 1.70. The fourth-order valence-electron chi connectivity index (χ4n) is 3.35. The van der Waals surface area contributed by atoms with Gasteiger partial charge in [0.25, 0.3) is 0 Å². The highest BCUT2D eigenvalue weighted by Gasteiger charge is 2.54. The van der Waals surface area contributed by atoms with Crippen LogP contribution in [0.1, 0.15) is 30.4 Å². The van der Waals surface area contributed by atoms with Crippen molar-refractivity contribution in [3.8, 4) is 0 Å². The van der Waals surface area contributed by atoms with Gasteiger partial charge in [-0.1, -0.05) is 24.3 Å². The van der Waals surface area contributed by atoms with Crippen molar-refractivity contribution in [3.05, 3.63) is 35.4 Å². The van der Waals surface area contributed by atoms with Crippen molar-refractivity contribution in [1.29, 1.82) is 0 Å². The second-order valence-corrected chi connectivity index (χ2v) is 5.34. The number of aliphatic hydroxyl groups is 1. The lowest BCUT2D eigenvalue weighted by Crippen LogP contribution is -2.37. The number of aryl methyl sites for hydroxylation is 1. The van der Waals surface area contributed by atoms with Gasteiger partial charge in [-0.3, -0.25) is 14.5 Å². The number of fused-ring (bicyclic) bond motifs is 2. The van der Waals surface area contributed by atoms with Crippen LogP contribution in [0.2, 0.25) is 0 Å². The lowest BCUT2D eigenvalue weighted by Gasteiger charge is -2.22. The molecule has 0 bridgehead atoms. The molecule has 4 heteroatoms. The van der Waals surface area contributed by atoms with E-state index in [1.165, 1.54) is 10.5 Å². The van der Waals surface area contributed by atoms with E-state index in [0.717, 1.165) is 18.4 Å². The van der Waals surface area contributed by atoms with E-state index in [0.29, 0.717) is 13.0 Å². The number of nitrogens with zero attached hydrogens (tertiary/aromatic N) is 1. The minimum Gasteiger partial charge on any atom is -0.396 e. The first-order valence-electron chi connectivity index (χ1n) is 6.73. The van der Waals surface area contributed by atoms with Crippen LogP contribution < -0.4 is 0 Å². The van der Waals surface area contributed by atoms with E-state index in [2.05, 4.69) is 0 Å². The summed E-state index contributed by atoms with van der Waals surface area (Å²) in [5.74, 6) is -0.175. The van der Waals surface area contributed by atoms with Gasteiger partial charge in [-0.2, -0.15) is 0 Å². The number of carbonyl (C=O) groups is 2. The second kappa shape index (κ2) is 4.46. The Morgan fingerprint density at radius 2 is 2.05 bits per heavy atom. The van der Waals surface area contributed by atoms with Crippen LogP contribution in [-0.2, 0) is 21.4 Å². The number of hydrogen-bond acceptors (Lipinski definition) is 3. The number of aliphatic hydroxyl groups excluding tert-OH is 1. The summed E-state index contributed by atoms with van der Waals surface area (Å²) in [6, 6.07) is 7.92. The fourth-order valence-corrected chi connectivity index (χ4v) is 3.35. The van der Waals surface area contributed by atoms with Crippen molar-refractivity contribution in [2.75, 3.05) is 13.2 Å². The molecule has 0 aromatic heterocycles. The molecule has 1 fully saturated rings. The van der Waals surface area contributed by atoms with Gasteiger partial charge in [-0.25, -0.2) is 0 Å². The third-order valence-electron chi connectivity index (χ3n) is 4.30. The fraction of sp³-hybridized carbons (Fsp3) is 0.467. The Morgan fingerprint density at radius 1 is 1.26 bits per heavy atom. The topological polar surface area (TPSA) is 57.6 Å². The molecule has 1 aromatic carbocycles. The predicted molar refractivity (Wildman–Crippen MR) is 69.5 cm³/mol. The zero-order valence-electron chi connectivity index (χ0n) is 10.8. The maximum Gasteiger partial charge on any atom is 0.240 e. The Hall–Kier alpha value is -1.68. The first kappa shape index (κ1) is 12.4. The van der Waals surface area contributed by atoms with E-state index >= 15 is 0 Å². The SMILES string of the molecule is O=C1CC2(CCc3ccccc32)C(=O)N1CCCO. The summed E-state index contributed by atoms with van der Waals surface area (Å²) in [6.45, 7) is 0.332. The number of imide groups is 1. The zero-order chi connectivity index (χ0) is 13.5. The Balaban J connectivity index is 1.95. The van der Waals surface area contributed by atoms with Crippen LogP contribution in [0.25, 0.3) is 0 Å². The van der Waals surface area contributed by atoms with E-state index in [-0.39, 0.29) is 24.8 Å². The summed E-state index contributed by atoms with van der Waals surface area (Å²) in [5, 5.41) is 8.86. The Morgan fingerprint density at radius 3 is 2.84 bits per heavy atom. The molecule has 1 atom stereocenters. The number of amides is 2. The highest BCUT2D eigenvalue weighted by Crippen LogP contribution is 2.46. The van der Waals surface area contributed by atoms with Crippen LogP contribution in [0.4, 0.5) is 0 Å². The van der Waals surface area contributed by atoms with Gasteiger partial charge < -0.3 is 5.11 Å². The summed E-state index contributed by atoms with van der Waals surface area (Å²) in [7, 11) is 0. The number of rotatable bonds is 3. The predicted octanol–water partition coefficient (Wildman–Crippen LogP) is 1.01. The monoisotopic (exact) mass is 259 g/mol. The molecule has 3 rings (SSSR count). The molecule has 19 heavy (non-hydrogen) atoms. The molecule has 1 aliphatic heterocycles. The molecule has 100 valence electrons. The minimum atomic E-state index is -0.622. The van der Waals surface area contributed by atoms with E-state index in [9.17, 15) is 9.59 Å². The molecular formula is C15H17NO3. The Labute approximate surface area is 112 Å². The van der Waals surface area contributed by atoms with Crippen molar-refractivity contribution in [2.45, 2.75) is 31.1 Å². The highest BCUT2D eigenvalue weighted by atomic mass is 16.3. The van der Waals surface area contributed by atoms with Crippen LogP contribution in [0.5, 0.6) is 0 Å². The van der Waals surface area contributed by atoms with E-state index in [4.69, 9.17) is 5.11 Å². The molecule has 1 N–H and O–H groups in total. The molecule has 1 spiro atoms. The average molecular weight is 259 g/mol. The molecule has 4 nitrogen and oxygen atoms in total. The van der Waals surface area contributed by atoms with Crippen molar-refractivity contribution >= 4 is 11.8 Å². The van der Waals surface area contributed by atoms with Gasteiger partial charge in [0, 0.05) is 19.6 Å². The van der Waals surface area contributed by atoms with Gasteiger partial charge in [-0.05, 0) is 30.4 Å². The highest BCUT2D eigenvalue weighted by molar-refractivity contribution is 6.09. The largest absolute Gasteiger partial charge is 0.396 e. The minimum absolute atomic E-state index is 0.000642. The molecule has 1 aliphatic carbocycles. The summed E-state index contributed by atoms with van der Waals surface area (Å²) in [6.07, 6.45) is 2.33. The zero-order valence-corrected chi connectivity index (χ0v) is 10.8. The van der Waals surface area contributed by atoms with Crippen molar-refractivity contribution in [2.24, 2.45) is 0 Å². The van der Waals surface area contributed by atoms with Crippen LogP contribution in [0.3, 0.4) is 0 Å². The standard InChI is InChI=1S/C15H17NO3/c17-9-3-8-16-13(18)10-15(14(16)19)7-6-11-4-1-2-5-12(11)15/h1-2,4-5,17H,3,6-10H2. The van der Waals surface area contributed by atoms with Gasteiger partial charge in [0.05, 0.1) is 5.41 Å².